The molecule has 0 aromatic carbocycles. The van der Waals surface area contributed by atoms with E-state index in [1.54, 1.807) is 0 Å². The molecule has 0 spiro atoms. The highest BCUT2D eigenvalue weighted by Crippen LogP contribution is 2.23. The van der Waals surface area contributed by atoms with E-state index in [9.17, 15) is 0 Å². The van der Waals surface area contributed by atoms with Gasteiger partial charge in [-0.05, 0) is 25.8 Å². The predicted octanol–water partition coefficient (Wildman–Crippen LogP) is 4.04. The molecular formula is C16H36N2. The smallest absolute Gasteiger partial charge is 0.0303 e. The zero-order valence-corrected chi connectivity index (χ0v) is 13.5. The van der Waals surface area contributed by atoms with Crippen LogP contribution in [0, 0.1) is 5.92 Å². The summed E-state index contributed by atoms with van der Waals surface area (Å²) in [5, 5.41) is 0. The standard InChI is InChI=1S/C16H36N2/c1-6-8-9-10-11-12-16(5,14-17)18(7-2)13-15(3)4/h15H,6-14,17H2,1-5H3. The molecule has 0 saturated carbocycles. The number of nitrogens with zero attached hydrogens (tertiary/aromatic N) is 1. The quantitative estimate of drug-likeness (QED) is 0.565. The maximum absolute atomic E-state index is 6.06. The van der Waals surface area contributed by atoms with Gasteiger partial charge in [-0.15, -0.1) is 0 Å². The molecular weight excluding hydrogens is 220 g/mol. The predicted molar refractivity (Wildman–Crippen MR) is 82.9 cm³/mol. The van der Waals surface area contributed by atoms with E-state index in [0.29, 0.717) is 0 Å². The summed E-state index contributed by atoms with van der Waals surface area (Å²) >= 11 is 0. The van der Waals surface area contributed by atoms with Gasteiger partial charge in [0.1, 0.15) is 0 Å². The highest BCUT2D eigenvalue weighted by molar-refractivity contribution is 4.87. The van der Waals surface area contributed by atoms with Gasteiger partial charge in [0.15, 0.2) is 0 Å². The van der Waals surface area contributed by atoms with E-state index in [0.717, 1.165) is 19.0 Å². The lowest BCUT2D eigenvalue weighted by molar-refractivity contribution is 0.0910. The Balaban J connectivity index is 4.20. The minimum absolute atomic E-state index is 0.200. The average molecular weight is 256 g/mol. The summed E-state index contributed by atoms with van der Waals surface area (Å²) in [4.78, 5) is 2.58. The Morgan fingerprint density at radius 2 is 1.67 bits per heavy atom. The highest BCUT2D eigenvalue weighted by Gasteiger charge is 2.28. The van der Waals surface area contributed by atoms with Crippen molar-refractivity contribution >= 4 is 0 Å². The van der Waals surface area contributed by atoms with Crippen molar-refractivity contribution in [3.8, 4) is 0 Å². The van der Waals surface area contributed by atoms with Crippen LogP contribution in [0.5, 0.6) is 0 Å². The molecule has 18 heavy (non-hydrogen) atoms. The van der Waals surface area contributed by atoms with E-state index < -0.39 is 0 Å². The lowest BCUT2D eigenvalue weighted by Crippen LogP contribution is -2.52. The Labute approximate surface area is 115 Å². The van der Waals surface area contributed by atoms with Crippen LogP contribution >= 0.6 is 0 Å². The van der Waals surface area contributed by atoms with Crippen molar-refractivity contribution in [1.29, 1.82) is 0 Å². The lowest BCUT2D eigenvalue weighted by Gasteiger charge is -2.41. The Kier molecular flexibility index (Phi) is 9.76. The summed E-state index contributed by atoms with van der Waals surface area (Å²) in [6.45, 7) is 14.5. The molecule has 1 unspecified atom stereocenters. The molecule has 2 N–H and O–H groups in total. The molecule has 0 aliphatic carbocycles. The maximum atomic E-state index is 6.06. The first-order valence-electron chi connectivity index (χ1n) is 7.95. The van der Waals surface area contributed by atoms with Crippen LogP contribution in [0.1, 0.15) is 73.1 Å². The molecule has 0 amide bonds. The highest BCUT2D eigenvalue weighted by atomic mass is 15.2. The van der Waals surface area contributed by atoms with Gasteiger partial charge in [-0.2, -0.15) is 0 Å². The third-order valence-electron chi connectivity index (χ3n) is 3.99. The zero-order chi connectivity index (χ0) is 14.0. The van der Waals surface area contributed by atoms with E-state index in [1.165, 1.54) is 45.1 Å². The van der Waals surface area contributed by atoms with Crippen molar-refractivity contribution in [1.82, 2.24) is 4.90 Å². The van der Waals surface area contributed by atoms with Gasteiger partial charge in [0.2, 0.25) is 0 Å². The molecule has 2 nitrogen and oxygen atoms in total. The SMILES string of the molecule is CCCCCCCC(C)(CN)N(CC)CC(C)C. The summed E-state index contributed by atoms with van der Waals surface area (Å²) in [5.74, 6) is 0.718. The fourth-order valence-electron chi connectivity index (χ4n) is 2.67. The maximum Gasteiger partial charge on any atom is 0.0303 e. The molecule has 0 aromatic heterocycles. The topological polar surface area (TPSA) is 29.3 Å². The van der Waals surface area contributed by atoms with Gasteiger partial charge in [-0.25, -0.2) is 0 Å². The number of hydrogen-bond acceptors (Lipinski definition) is 2. The van der Waals surface area contributed by atoms with Gasteiger partial charge in [0, 0.05) is 18.6 Å². The van der Waals surface area contributed by atoms with Crippen LogP contribution in [0.3, 0.4) is 0 Å². The molecule has 0 saturated heterocycles. The molecule has 110 valence electrons. The lowest BCUT2D eigenvalue weighted by atomic mass is 9.91. The summed E-state index contributed by atoms with van der Waals surface area (Å²) < 4.78 is 0. The second-order valence-electron chi connectivity index (χ2n) is 6.30. The Hall–Kier alpha value is -0.0800. The van der Waals surface area contributed by atoms with Crippen molar-refractivity contribution in [2.45, 2.75) is 78.7 Å². The van der Waals surface area contributed by atoms with Crippen molar-refractivity contribution < 1.29 is 0 Å². The van der Waals surface area contributed by atoms with Crippen LogP contribution in [0.4, 0.5) is 0 Å². The van der Waals surface area contributed by atoms with Crippen molar-refractivity contribution in [3.05, 3.63) is 0 Å². The van der Waals surface area contributed by atoms with Gasteiger partial charge in [-0.1, -0.05) is 59.8 Å². The molecule has 1 atom stereocenters. The Bertz CT molecular complexity index is 192. The molecule has 0 heterocycles. The van der Waals surface area contributed by atoms with E-state index in [4.69, 9.17) is 5.73 Å². The number of hydrogen-bond donors (Lipinski definition) is 1. The molecule has 2 heteroatoms. The van der Waals surface area contributed by atoms with Crippen LogP contribution in [-0.4, -0.2) is 30.1 Å². The Morgan fingerprint density at radius 3 is 2.11 bits per heavy atom. The number of nitrogens with two attached hydrogens (primary N) is 1. The second kappa shape index (κ2) is 9.80. The monoisotopic (exact) mass is 256 g/mol. The molecule has 0 aromatic rings. The molecule has 0 rings (SSSR count). The minimum atomic E-state index is 0.200. The van der Waals surface area contributed by atoms with E-state index in [2.05, 4.69) is 39.5 Å². The van der Waals surface area contributed by atoms with Gasteiger partial charge in [0.05, 0.1) is 0 Å². The fourth-order valence-corrected chi connectivity index (χ4v) is 2.67. The third kappa shape index (κ3) is 6.75. The molecule has 0 bridgehead atoms. The minimum Gasteiger partial charge on any atom is -0.329 e. The zero-order valence-electron chi connectivity index (χ0n) is 13.5. The van der Waals surface area contributed by atoms with E-state index in [-0.39, 0.29) is 5.54 Å². The summed E-state index contributed by atoms with van der Waals surface area (Å²) in [6.07, 6.45) is 8.01. The molecule has 0 aliphatic heterocycles. The first-order valence-corrected chi connectivity index (χ1v) is 7.95. The van der Waals surface area contributed by atoms with Gasteiger partial charge in [0.25, 0.3) is 0 Å². The van der Waals surface area contributed by atoms with Crippen LogP contribution < -0.4 is 5.73 Å². The number of rotatable bonds is 11. The van der Waals surface area contributed by atoms with Crippen LogP contribution in [0.25, 0.3) is 0 Å². The Morgan fingerprint density at radius 1 is 1.06 bits per heavy atom. The fraction of sp³-hybridized carbons (Fsp3) is 1.00. The number of unbranched alkanes of at least 4 members (excludes halogenated alkanes) is 4. The summed E-state index contributed by atoms with van der Waals surface area (Å²) in [7, 11) is 0. The summed E-state index contributed by atoms with van der Waals surface area (Å²) in [5.41, 5.74) is 6.26. The normalized spacial score (nSPS) is 15.3. The van der Waals surface area contributed by atoms with Gasteiger partial charge in [-0.3, -0.25) is 4.90 Å². The first-order chi connectivity index (χ1) is 8.50. The second-order valence-corrected chi connectivity index (χ2v) is 6.30. The summed E-state index contributed by atoms with van der Waals surface area (Å²) in [6, 6.07) is 0. The van der Waals surface area contributed by atoms with E-state index >= 15 is 0 Å². The number of likely N-dealkylation sites (N-methyl/N-ethyl adjacent to an activating group) is 1. The van der Waals surface area contributed by atoms with Crippen LogP contribution in [0.15, 0.2) is 0 Å². The average Bonchev–Trinajstić information content (AvgIpc) is 2.35. The molecule has 0 radical (unpaired) electrons. The van der Waals surface area contributed by atoms with Crippen LogP contribution in [0.2, 0.25) is 0 Å². The largest absolute Gasteiger partial charge is 0.329 e. The molecule has 0 aliphatic rings. The van der Waals surface area contributed by atoms with Gasteiger partial charge < -0.3 is 5.73 Å². The molecule has 0 fully saturated rings. The van der Waals surface area contributed by atoms with Crippen molar-refractivity contribution in [2.24, 2.45) is 11.7 Å². The van der Waals surface area contributed by atoms with Crippen LogP contribution in [-0.2, 0) is 0 Å². The van der Waals surface area contributed by atoms with Crippen molar-refractivity contribution in [3.63, 3.8) is 0 Å². The van der Waals surface area contributed by atoms with E-state index in [1.807, 2.05) is 0 Å². The van der Waals surface area contributed by atoms with Crippen molar-refractivity contribution in [2.75, 3.05) is 19.6 Å². The van der Waals surface area contributed by atoms with Gasteiger partial charge >= 0.3 is 0 Å². The first kappa shape index (κ1) is 17.9. The third-order valence-corrected chi connectivity index (χ3v) is 3.99.